The van der Waals surface area contributed by atoms with Gasteiger partial charge < -0.3 is 15.2 Å². The van der Waals surface area contributed by atoms with Gasteiger partial charge in [0.2, 0.25) is 0 Å². The molecular weight excluding hydrogens is 403 g/mol. The van der Waals surface area contributed by atoms with E-state index < -0.39 is 0 Å². The maximum Gasteiger partial charge on any atom is 0.161 e. The average Bonchev–Trinajstić information content (AvgIpc) is 2.79. The van der Waals surface area contributed by atoms with Gasteiger partial charge in [0.25, 0.3) is 0 Å². The molecule has 2 heterocycles. The van der Waals surface area contributed by atoms with Gasteiger partial charge in [-0.15, -0.1) is 0 Å². The van der Waals surface area contributed by atoms with Gasteiger partial charge in [0.05, 0.1) is 20.3 Å². The zero-order valence-corrected chi connectivity index (χ0v) is 17.4. The molecule has 0 radical (unpaired) electrons. The maximum absolute atomic E-state index is 14.4. The molecular formula is C22H21FN4O2S. The van der Waals surface area contributed by atoms with Crippen LogP contribution in [0.1, 0.15) is 28.8 Å². The number of rotatable bonds is 5. The number of hydrogen-bond acceptors (Lipinski definition) is 7. The van der Waals surface area contributed by atoms with E-state index in [0.29, 0.717) is 27.8 Å². The molecule has 0 saturated carbocycles. The molecule has 30 heavy (non-hydrogen) atoms. The number of aliphatic imine (C=N–C) groups is 1. The second-order valence-corrected chi connectivity index (χ2v) is 8.03. The Labute approximate surface area is 178 Å². The van der Waals surface area contributed by atoms with Crippen LogP contribution in [0.3, 0.4) is 0 Å². The third-order valence-electron chi connectivity index (χ3n) is 5.01. The minimum Gasteiger partial charge on any atom is -0.493 e. The van der Waals surface area contributed by atoms with Crippen molar-refractivity contribution in [3.63, 3.8) is 0 Å². The Kier molecular flexibility index (Phi) is 5.85. The molecule has 8 heteroatoms. The van der Waals surface area contributed by atoms with Crippen molar-refractivity contribution in [3.8, 4) is 22.6 Å². The maximum atomic E-state index is 14.4. The van der Waals surface area contributed by atoms with E-state index in [0.717, 1.165) is 17.5 Å². The summed E-state index contributed by atoms with van der Waals surface area (Å²) >= 11 is 1.51. The first kappa shape index (κ1) is 20.2. The van der Waals surface area contributed by atoms with Gasteiger partial charge in [0.1, 0.15) is 12.1 Å². The molecule has 0 unspecified atom stereocenters. The number of amidine groups is 1. The highest BCUT2D eigenvalue weighted by Crippen LogP contribution is 2.45. The molecule has 0 bridgehead atoms. The highest BCUT2D eigenvalue weighted by atomic mass is 32.2. The molecule has 0 amide bonds. The highest BCUT2D eigenvalue weighted by molar-refractivity contribution is 8.14. The van der Waals surface area contributed by atoms with E-state index in [1.165, 1.54) is 24.2 Å². The number of halogens is 1. The Bertz CT molecular complexity index is 1080. The van der Waals surface area contributed by atoms with Gasteiger partial charge in [-0.3, -0.25) is 4.99 Å². The van der Waals surface area contributed by atoms with Crippen LogP contribution in [0.15, 0.2) is 60.1 Å². The summed E-state index contributed by atoms with van der Waals surface area (Å²) in [6.45, 7) is 0. The summed E-state index contributed by atoms with van der Waals surface area (Å²) in [5, 5.41) is 0.584. The van der Waals surface area contributed by atoms with Gasteiger partial charge in [-0.2, -0.15) is 0 Å². The van der Waals surface area contributed by atoms with Crippen molar-refractivity contribution in [1.29, 1.82) is 0 Å². The van der Waals surface area contributed by atoms with Crippen LogP contribution in [0.4, 0.5) is 4.39 Å². The van der Waals surface area contributed by atoms with Crippen LogP contribution in [0.25, 0.3) is 11.1 Å². The molecule has 0 spiro atoms. The zero-order chi connectivity index (χ0) is 21.1. The first-order valence-electron chi connectivity index (χ1n) is 9.35. The third-order valence-corrected chi connectivity index (χ3v) is 6.11. The van der Waals surface area contributed by atoms with E-state index in [4.69, 9.17) is 15.2 Å². The SMILES string of the molecule is COc1ccc([C@@H]2C[C@@H](c3ccc(F)c(-c4cncnc4)c3)N=C(N)S2)cc1OC. The lowest BCUT2D eigenvalue weighted by atomic mass is 9.95. The van der Waals surface area contributed by atoms with Crippen molar-refractivity contribution in [1.82, 2.24) is 9.97 Å². The van der Waals surface area contributed by atoms with Gasteiger partial charge in [-0.1, -0.05) is 23.9 Å². The molecule has 2 atom stereocenters. The first-order chi connectivity index (χ1) is 14.6. The summed E-state index contributed by atoms with van der Waals surface area (Å²) in [6.07, 6.45) is 5.32. The lowest BCUT2D eigenvalue weighted by Gasteiger charge is -2.27. The average molecular weight is 425 g/mol. The number of ether oxygens (including phenoxy) is 2. The number of aromatic nitrogens is 2. The number of nitrogens with two attached hydrogens (primary N) is 1. The van der Waals surface area contributed by atoms with E-state index in [-0.39, 0.29) is 17.1 Å². The lowest BCUT2D eigenvalue weighted by Crippen LogP contribution is -2.18. The van der Waals surface area contributed by atoms with Gasteiger partial charge >= 0.3 is 0 Å². The monoisotopic (exact) mass is 424 g/mol. The summed E-state index contributed by atoms with van der Waals surface area (Å²) in [5.74, 6) is 1.02. The summed E-state index contributed by atoms with van der Waals surface area (Å²) in [4.78, 5) is 12.6. The van der Waals surface area contributed by atoms with E-state index in [1.54, 1.807) is 38.7 Å². The van der Waals surface area contributed by atoms with Crippen LogP contribution in [0.2, 0.25) is 0 Å². The number of methoxy groups -OCH3 is 2. The predicted molar refractivity (Wildman–Crippen MR) is 116 cm³/mol. The van der Waals surface area contributed by atoms with E-state index >= 15 is 0 Å². The minimum absolute atomic E-state index is 0.0841. The van der Waals surface area contributed by atoms with E-state index in [1.807, 2.05) is 18.2 Å². The molecule has 0 aliphatic carbocycles. The Hall–Kier alpha value is -3.13. The van der Waals surface area contributed by atoms with Crippen molar-refractivity contribution < 1.29 is 13.9 Å². The Morgan fingerprint density at radius 2 is 1.73 bits per heavy atom. The van der Waals surface area contributed by atoms with Crippen LogP contribution in [0, 0.1) is 5.82 Å². The Morgan fingerprint density at radius 1 is 1.00 bits per heavy atom. The molecule has 1 aliphatic heterocycles. The number of hydrogen-bond donors (Lipinski definition) is 1. The topological polar surface area (TPSA) is 82.6 Å². The van der Waals surface area contributed by atoms with Gasteiger partial charge in [-0.25, -0.2) is 14.4 Å². The summed E-state index contributed by atoms with van der Waals surface area (Å²) in [7, 11) is 3.22. The minimum atomic E-state index is -0.327. The smallest absolute Gasteiger partial charge is 0.161 e. The molecule has 1 aromatic heterocycles. The predicted octanol–water partition coefficient (Wildman–Crippen LogP) is 4.53. The van der Waals surface area contributed by atoms with Crippen LogP contribution in [-0.4, -0.2) is 29.4 Å². The van der Waals surface area contributed by atoms with Gasteiger partial charge in [0, 0.05) is 28.8 Å². The molecule has 0 saturated heterocycles. The van der Waals surface area contributed by atoms with Crippen molar-refractivity contribution >= 4 is 16.9 Å². The van der Waals surface area contributed by atoms with Crippen LogP contribution in [-0.2, 0) is 0 Å². The molecule has 154 valence electrons. The lowest BCUT2D eigenvalue weighted by molar-refractivity contribution is 0.354. The largest absolute Gasteiger partial charge is 0.493 e. The first-order valence-corrected chi connectivity index (χ1v) is 10.2. The van der Waals surface area contributed by atoms with Crippen molar-refractivity contribution in [3.05, 3.63) is 72.1 Å². The van der Waals surface area contributed by atoms with Gasteiger partial charge in [-0.05, 0) is 41.8 Å². The number of thioether (sulfide) groups is 1. The van der Waals surface area contributed by atoms with Crippen molar-refractivity contribution in [2.75, 3.05) is 14.2 Å². The highest BCUT2D eigenvalue weighted by Gasteiger charge is 2.27. The second-order valence-electron chi connectivity index (χ2n) is 6.81. The summed E-state index contributed by atoms with van der Waals surface area (Å²) in [6, 6.07) is 10.7. The van der Waals surface area contributed by atoms with Crippen LogP contribution < -0.4 is 15.2 Å². The molecule has 3 aromatic rings. The van der Waals surface area contributed by atoms with E-state index in [2.05, 4.69) is 15.0 Å². The van der Waals surface area contributed by atoms with Crippen molar-refractivity contribution in [2.24, 2.45) is 10.7 Å². The Balaban J connectivity index is 1.65. The Morgan fingerprint density at radius 3 is 2.47 bits per heavy atom. The fraction of sp³-hybridized carbons (Fsp3) is 0.227. The molecule has 1 aliphatic rings. The fourth-order valence-electron chi connectivity index (χ4n) is 3.51. The standard InChI is InChI=1S/C22H21FN4O2S/c1-28-19-6-4-14(8-20(19)29-2)21-9-18(27-22(24)30-21)13-3-5-17(23)16(7-13)15-10-25-12-26-11-15/h3-8,10-12,18,21H,9H2,1-2H3,(H2,24,27)/t18-,21-/m0/s1. The third kappa shape index (κ3) is 4.09. The van der Waals surface area contributed by atoms with Crippen LogP contribution in [0.5, 0.6) is 11.5 Å². The van der Waals surface area contributed by atoms with Crippen molar-refractivity contribution in [2.45, 2.75) is 17.7 Å². The van der Waals surface area contributed by atoms with Gasteiger partial charge in [0.15, 0.2) is 16.7 Å². The quantitative estimate of drug-likeness (QED) is 0.648. The number of benzene rings is 2. The van der Waals surface area contributed by atoms with E-state index in [9.17, 15) is 4.39 Å². The molecule has 2 N–H and O–H groups in total. The second kappa shape index (κ2) is 8.71. The molecule has 0 fully saturated rings. The normalized spacial score (nSPS) is 18.6. The fourth-order valence-corrected chi connectivity index (χ4v) is 4.55. The zero-order valence-electron chi connectivity index (χ0n) is 16.6. The molecule has 2 aromatic carbocycles. The summed E-state index contributed by atoms with van der Waals surface area (Å²) < 4.78 is 25.2. The number of nitrogens with zero attached hydrogens (tertiary/aromatic N) is 3. The summed E-state index contributed by atoms with van der Waals surface area (Å²) in [5.41, 5.74) is 9.19. The van der Waals surface area contributed by atoms with Crippen LogP contribution >= 0.6 is 11.8 Å². The molecule has 6 nitrogen and oxygen atoms in total. The molecule has 4 rings (SSSR count).